The highest BCUT2D eigenvalue weighted by Gasteiger charge is 2.60. The molecule has 30 heavy (non-hydrogen) atoms. The van der Waals surface area contributed by atoms with E-state index in [0.29, 0.717) is 25.8 Å². The fraction of sp³-hybridized carbons (Fsp3) is 0.609. The first-order valence-corrected chi connectivity index (χ1v) is 10.7. The summed E-state index contributed by atoms with van der Waals surface area (Å²) in [5.74, 6) is -1.68. The fourth-order valence-corrected chi connectivity index (χ4v) is 5.45. The number of amides is 1. The van der Waals surface area contributed by atoms with Crippen LogP contribution in [0, 0.1) is 11.3 Å². The van der Waals surface area contributed by atoms with Gasteiger partial charge in [-0.3, -0.25) is 9.69 Å². The average Bonchev–Trinajstić information content (AvgIpc) is 3.42. The van der Waals surface area contributed by atoms with Crippen molar-refractivity contribution < 1.29 is 23.1 Å². The van der Waals surface area contributed by atoms with Crippen LogP contribution in [-0.2, 0) is 4.79 Å². The molecule has 3 aliphatic rings. The SMILES string of the molecule is CC/C(=C\c1ccccc1)[C@@H]1C[C@H]1N(C(=O)C(F)(F)F)C1CC2(C1)CN(CCO)C2. The third kappa shape index (κ3) is 4.14. The molecule has 2 aliphatic carbocycles. The first-order chi connectivity index (χ1) is 14.3. The average molecular weight is 422 g/mol. The smallest absolute Gasteiger partial charge is 0.395 e. The predicted molar refractivity (Wildman–Crippen MR) is 108 cm³/mol. The van der Waals surface area contributed by atoms with E-state index in [1.807, 2.05) is 37.3 Å². The van der Waals surface area contributed by atoms with Crippen LogP contribution >= 0.6 is 0 Å². The van der Waals surface area contributed by atoms with Gasteiger partial charge in [-0.25, -0.2) is 0 Å². The lowest BCUT2D eigenvalue weighted by molar-refractivity contribution is -0.197. The number of nitrogens with zero attached hydrogens (tertiary/aromatic N) is 2. The van der Waals surface area contributed by atoms with E-state index in [0.717, 1.165) is 30.6 Å². The zero-order chi connectivity index (χ0) is 21.5. The molecule has 4 nitrogen and oxygen atoms in total. The van der Waals surface area contributed by atoms with Gasteiger partial charge in [0.2, 0.25) is 0 Å². The molecule has 1 N–H and O–H groups in total. The molecule has 1 aliphatic heterocycles. The molecule has 1 amide bonds. The molecule has 1 heterocycles. The number of aliphatic hydroxyl groups is 1. The van der Waals surface area contributed by atoms with Crippen molar-refractivity contribution in [1.82, 2.24) is 9.80 Å². The number of carbonyl (C=O) groups is 1. The minimum Gasteiger partial charge on any atom is -0.395 e. The molecule has 4 rings (SSSR count). The number of rotatable bonds is 7. The van der Waals surface area contributed by atoms with Gasteiger partial charge in [0.1, 0.15) is 0 Å². The number of alkyl halides is 3. The van der Waals surface area contributed by atoms with Crippen LogP contribution in [0.4, 0.5) is 13.2 Å². The third-order valence-corrected chi connectivity index (χ3v) is 6.89. The number of aliphatic hydroxyl groups excluding tert-OH is 1. The summed E-state index contributed by atoms with van der Waals surface area (Å²) in [7, 11) is 0. The molecule has 1 aromatic rings. The maximum absolute atomic E-state index is 13.4. The predicted octanol–water partition coefficient (Wildman–Crippen LogP) is 3.72. The summed E-state index contributed by atoms with van der Waals surface area (Å²) >= 11 is 0. The van der Waals surface area contributed by atoms with Crippen molar-refractivity contribution in [2.75, 3.05) is 26.2 Å². The monoisotopic (exact) mass is 422 g/mol. The van der Waals surface area contributed by atoms with E-state index in [4.69, 9.17) is 5.11 Å². The Morgan fingerprint density at radius 3 is 2.50 bits per heavy atom. The number of hydrogen-bond acceptors (Lipinski definition) is 3. The molecule has 2 saturated carbocycles. The van der Waals surface area contributed by atoms with Gasteiger partial charge in [0.05, 0.1) is 6.61 Å². The van der Waals surface area contributed by atoms with Crippen molar-refractivity contribution >= 4 is 12.0 Å². The Morgan fingerprint density at radius 2 is 1.93 bits per heavy atom. The molecule has 3 fully saturated rings. The van der Waals surface area contributed by atoms with Gasteiger partial charge in [-0.05, 0) is 36.7 Å². The van der Waals surface area contributed by atoms with Crippen LogP contribution in [0.15, 0.2) is 35.9 Å². The summed E-state index contributed by atoms with van der Waals surface area (Å²) < 4.78 is 40.1. The molecule has 1 saturated heterocycles. The van der Waals surface area contributed by atoms with Gasteiger partial charge >= 0.3 is 12.1 Å². The molecule has 1 aromatic carbocycles. The summed E-state index contributed by atoms with van der Waals surface area (Å²) in [6, 6.07) is 9.09. The zero-order valence-electron chi connectivity index (χ0n) is 17.2. The van der Waals surface area contributed by atoms with E-state index in [2.05, 4.69) is 11.0 Å². The van der Waals surface area contributed by atoms with Gasteiger partial charge in [-0.1, -0.05) is 48.9 Å². The second-order valence-corrected chi connectivity index (χ2v) is 9.10. The number of halogens is 3. The summed E-state index contributed by atoms with van der Waals surface area (Å²) in [4.78, 5) is 15.6. The Bertz CT molecular complexity index is 794. The van der Waals surface area contributed by atoms with Crippen LogP contribution in [0.2, 0.25) is 0 Å². The fourth-order valence-electron chi connectivity index (χ4n) is 5.45. The maximum atomic E-state index is 13.4. The number of carbonyl (C=O) groups excluding carboxylic acids is 1. The molecule has 2 atom stereocenters. The lowest BCUT2D eigenvalue weighted by Crippen LogP contribution is -2.68. The van der Waals surface area contributed by atoms with E-state index >= 15 is 0 Å². The van der Waals surface area contributed by atoms with E-state index in [9.17, 15) is 18.0 Å². The van der Waals surface area contributed by atoms with E-state index in [1.165, 1.54) is 4.90 Å². The van der Waals surface area contributed by atoms with Crippen LogP contribution in [-0.4, -0.2) is 65.3 Å². The van der Waals surface area contributed by atoms with Crippen molar-refractivity contribution in [1.29, 1.82) is 0 Å². The molecule has 1 spiro atoms. The largest absolute Gasteiger partial charge is 0.471 e. The van der Waals surface area contributed by atoms with Gasteiger partial charge in [-0.15, -0.1) is 0 Å². The number of β-amino-alcohol motifs (C(OH)–C–C–N with tert-alkyl or cyclic N) is 1. The van der Waals surface area contributed by atoms with Crippen LogP contribution in [0.3, 0.4) is 0 Å². The highest BCUT2D eigenvalue weighted by atomic mass is 19.4. The number of hydrogen-bond donors (Lipinski definition) is 1. The van der Waals surface area contributed by atoms with Crippen molar-refractivity contribution in [2.45, 2.75) is 50.9 Å². The molecule has 0 aromatic heterocycles. The highest BCUT2D eigenvalue weighted by molar-refractivity contribution is 5.83. The number of benzene rings is 1. The van der Waals surface area contributed by atoms with E-state index in [-0.39, 0.29) is 30.0 Å². The van der Waals surface area contributed by atoms with Crippen LogP contribution in [0.25, 0.3) is 6.08 Å². The second kappa shape index (κ2) is 8.00. The van der Waals surface area contributed by atoms with Crippen molar-refractivity contribution in [3.8, 4) is 0 Å². The lowest BCUT2D eigenvalue weighted by atomic mass is 9.60. The topological polar surface area (TPSA) is 43.8 Å². The molecule has 164 valence electrons. The van der Waals surface area contributed by atoms with Gasteiger partial charge in [-0.2, -0.15) is 13.2 Å². The minimum atomic E-state index is -4.84. The molecule has 7 heteroatoms. The Balaban J connectivity index is 1.46. The van der Waals surface area contributed by atoms with Crippen molar-refractivity contribution in [3.63, 3.8) is 0 Å². The molecular formula is C23H29F3N2O2. The molecular weight excluding hydrogens is 393 g/mol. The minimum absolute atomic E-state index is 0.00494. The second-order valence-electron chi connectivity index (χ2n) is 9.10. The van der Waals surface area contributed by atoms with Crippen LogP contribution < -0.4 is 0 Å². The Labute approximate surface area is 175 Å². The summed E-state index contributed by atoms with van der Waals surface area (Å²) in [6.07, 6.45) is -0.160. The summed E-state index contributed by atoms with van der Waals surface area (Å²) in [5, 5.41) is 9.03. The number of likely N-dealkylation sites (tertiary alicyclic amines) is 1. The Morgan fingerprint density at radius 1 is 1.27 bits per heavy atom. The first kappa shape index (κ1) is 21.4. The summed E-state index contributed by atoms with van der Waals surface area (Å²) in [6.45, 7) is 4.32. The van der Waals surface area contributed by atoms with Gasteiger partial charge < -0.3 is 10.0 Å². The lowest BCUT2D eigenvalue weighted by Gasteiger charge is -2.61. The Kier molecular flexibility index (Phi) is 5.70. The van der Waals surface area contributed by atoms with E-state index < -0.39 is 12.1 Å². The van der Waals surface area contributed by atoms with Crippen molar-refractivity contribution in [2.24, 2.45) is 11.3 Å². The van der Waals surface area contributed by atoms with Crippen molar-refractivity contribution in [3.05, 3.63) is 41.5 Å². The van der Waals surface area contributed by atoms with E-state index in [1.54, 1.807) is 0 Å². The first-order valence-electron chi connectivity index (χ1n) is 10.7. The standard InChI is InChI=1S/C23H29F3N2O2/c1-2-17(10-16-6-4-3-5-7-16)19-11-20(19)28(21(30)23(24,25)26)18-12-22(13-18)14-27(15-22)8-9-29/h3-7,10,18-20,29H,2,8-9,11-15H2,1H3/b17-10+/t19-,20+/m0/s1. The zero-order valence-corrected chi connectivity index (χ0v) is 17.2. The highest BCUT2D eigenvalue weighted by Crippen LogP contribution is 2.54. The molecule has 0 bridgehead atoms. The van der Waals surface area contributed by atoms with Gasteiger partial charge in [0.15, 0.2) is 0 Å². The van der Waals surface area contributed by atoms with Gasteiger partial charge in [0.25, 0.3) is 0 Å². The van der Waals surface area contributed by atoms with Crippen LogP contribution in [0.1, 0.15) is 38.2 Å². The molecule has 0 radical (unpaired) electrons. The summed E-state index contributed by atoms with van der Waals surface area (Å²) in [5.41, 5.74) is 2.18. The molecule has 0 unspecified atom stereocenters. The quantitative estimate of drug-likeness (QED) is 0.729. The maximum Gasteiger partial charge on any atom is 0.471 e. The Hall–Kier alpha value is -1.86. The van der Waals surface area contributed by atoms with Crippen LogP contribution in [0.5, 0.6) is 0 Å². The van der Waals surface area contributed by atoms with Gasteiger partial charge in [0, 0.05) is 37.6 Å². The third-order valence-electron chi connectivity index (χ3n) is 6.89. The normalized spacial score (nSPS) is 26.2.